The number of nitrogens with zero attached hydrogens (tertiary/aromatic N) is 1. The van der Waals surface area contributed by atoms with Crippen molar-refractivity contribution >= 4 is 33.2 Å². The van der Waals surface area contributed by atoms with Gasteiger partial charge in [-0.2, -0.15) is 4.37 Å². The van der Waals surface area contributed by atoms with Gasteiger partial charge in [0, 0.05) is 17.7 Å². The van der Waals surface area contributed by atoms with Crippen LogP contribution in [-0.2, 0) is 11.2 Å². The molecule has 2 rings (SSSR count). The molecule has 0 aromatic carbocycles. The molecule has 1 heterocycles. The van der Waals surface area contributed by atoms with E-state index in [0.717, 1.165) is 30.2 Å². The first kappa shape index (κ1) is 11.3. The first-order valence-corrected chi connectivity index (χ1v) is 6.84. The zero-order valence-electron chi connectivity index (χ0n) is 8.70. The van der Waals surface area contributed by atoms with E-state index in [1.54, 1.807) is 0 Å². The maximum atomic E-state index is 11.4. The molecule has 4 heteroatoms. The molecule has 1 aliphatic rings. The lowest BCUT2D eigenvalue weighted by atomic mass is 9.78. The summed E-state index contributed by atoms with van der Waals surface area (Å²) in [5.41, 5.74) is 0. The molecule has 1 fully saturated rings. The predicted molar refractivity (Wildman–Crippen MR) is 65.0 cm³/mol. The predicted octanol–water partition coefficient (Wildman–Crippen LogP) is 3.45. The summed E-state index contributed by atoms with van der Waals surface area (Å²) in [5, 5.41) is 0. The number of Topliss-reactive ketones (excluding diaryl/α,β-unsaturated/α-hetero) is 1. The van der Waals surface area contributed by atoms with Crippen molar-refractivity contribution in [3.63, 3.8) is 0 Å². The van der Waals surface area contributed by atoms with Crippen LogP contribution in [0, 0.1) is 11.8 Å². The van der Waals surface area contributed by atoms with E-state index in [-0.39, 0.29) is 0 Å². The third-order valence-corrected chi connectivity index (χ3v) is 4.98. The molecule has 0 saturated heterocycles. The number of carbonyl (C=O) groups is 1. The molecule has 15 heavy (non-hydrogen) atoms. The van der Waals surface area contributed by atoms with Gasteiger partial charge in [-0.15, -0.1) is 0 Å². The van der Waals surface area contributed by atoms with E-state index in [2.05, 4.69) is 27.2 Å². The van der Waals surface area contributed by atoms with Crippen molar-refractivity contribution in [3.8, 4) is 0 Å². The van der Waals surface area contributed by atoms with E-state index >= 15 is 0 Å². The largest absolute Gasteiger partial charge is 0.300 e. The maximum absolute atomic E-state index is 11.4. The second-order valence-electron chi connectivity index (χ2n) is 4.32. The molecule has 0 amide bonds. The Bertz CT molecular complexity index is 363. The SMILES string of the molecule is CC1CCC(=O)CC1Cc1sncc1Br. The van der Waals surface area contributed by atoms with Gasteiger partial charge in [0.25, 0.3) is 0 Å². The van der Waals surface area contributed by atoms with Gasteiger partial charge in [-0.25, -0.2) is 0 Å². The Morgan fingerprint density at radius 3 is 3.13 bits per heavy atom. The Morgan fingerprint density at radius 1 is 1.67 bits per heavy atom. The number of hydrogen-bond acceptors (Lipinski definition) is 3. The Kier molecular flexibility index (Phi) is 3.57. The molecule has 0 bridgehead atoms. The minimum Gasteiger partial charge on any atom is -0.300 e. The van der Waals surface area contributed by atoms with Gasteiger partial charge >= 0.3 is 0 Å². The highest BCUT2D eigenvalue weighted by Crippen LogP contribution is 2.33. The molecule has 1 aromatic rings. The van der Waals surface area contributed by atoms with Crippen molar-refractivity contribution in [1.29, 1.82) is 0 Å². The number of carbonyl (C=O) groups excluding carboxylic acids is 1. The standard InChI is InChI=1S/C11H14BrNOS/c1-7-2-3-9(14)4-8(7)5-11-10(12)6-13-15-11/h6-8H,2-5H2,1H3. The zero-order chi connectivity index (χ0) is 10.8. The lowest BCUT2D eigenvalue weighted by molar-refractivity contribution is -0.122. The van der Waals surface area contributed by atoms with E-state index in [9.17, 15) is 4.79 Å². The fourth-order valence-corrected chi connectivity index (χ4v) is 3.45. The van der Waals surface area contributed by atoms with Crippen molar-refractivity contribution in [2.24, 2.45) is 11.8 Å². The van der Waals surface area contributed by atoms with Crippen LogP contribution in [0.5, 0.6) is 0 Å². The van der Waals surface area contributed by atoms with E-state index in [1.165, 1.54) is 16.4 Å². The molecule has 2 atom stereocenters. The highest BCUT2D eigenvalue weighted by molar-refractivity contribution is 9.10. The van der Waals surface area contributed by atoms with Crippen molar-refractivity contribution < 1.29 is 4.79 Å². The normalized spacial score (nSPS) is 26.9. The van der Waals surface area contributed by atoms with Gasteiger partial charge in [-0.1, -0.05) is 6.92 Å². The summed E-state index contributed by atoms with van der Waals surface area (Å²) in [4.78, 5) is 12.7. The Labute approximate surface area is 102 Å². The van der Waals surface area contributed by atoms with E-state index in [4.69, 9.17) is 0 Å². The van der Waals surface area contributed by atoms with Crippen molar-refractivity contribution in [2.45, 2.75) is 32.6 Å². The van der Waals surface area contributed by atoms with Crippen molar-refractivity contribution in [2.75, 3.05) is 0 Å². The Balaban J connectivity index is 2.04. The fraction of sp³-hybridized carbons (Fsp3) is 0.636. The number of hydrogen-bond donors (Lipinski definition) is 0. The van der Waals surface area contributed by atoms with Gasteiger partial charge in [0.05, 0.1) is 10.7 Å². The van der Waals surface area contributed by atoms with Crippen LogP contribution in [0.1, 0.15) is 31.1 Å². The summed E-state index contributed by atoms with van der Waals surface area (Å²) in [6, 6.07) is 0. The third kappa shape index (κ3) is 2.67. The van der Waals surface area contributed by atoms with Crippen LogP contribution in [0.3, 0.4) is 0 Å². The molecule has 1 aliphatic carbocycles. The summed E-state index contributed by atoms with van der Waals surface area (Å²) in [6.07, 6.45) is 5.43. The van der Waals surface area contributed by atoms with Crippen LogP contribution in [0.15, 0.2) is 10.7 Å². The van der Waals surface area contributed by atoms with Crippen LogP contribution < -0.4 is 0 Å². The molecule has 82 valence electrons. The van der Waals surface area contributed by atoms with Crippen LogP contribution in [0.4, 0.5) is 0 Å². The van der Waals surface area contributed by atoms with Gasteiger partial charge < -0.3 is 0 Å². The second-order valence-corrected chi connectivity index (χ2v) is 6.06. The minimum absolute atomic E-state index is 0.429. The van der Waals surface area contributed by atoms with Gasteiger partial charge in [0.15, 0.2) is 0 Å². The highest BCUT2D eigenvalue weighted by Gasteiger charge is 2.27. The van der Waals surface area contributed by atoms with E-state index in [1.807, 2.05) is 6.20 Å². The summed E-state index contributed by atoms with van der Waals surface area (Å²) in [6.45, 7) is 2.26. The topological polar surface area (TPSA) is 30.0 Å². The molecular formula is C11H14BrNOS. The Morgan fingerprint density at radius 2 is 2.47 bits per heavy atom. The van der Waals surface area contributed by atoms with Crippen LogP contribution in [0.2, 0.25) is 0 Å². The van der Waals surface area contributed by atoms with Crippen LogP contribution in [0.25, 0.3) is 0 Å². The molecule has 0 aliphatic heterocycles. The average Bonchev–Trinajstić information content (AvgIpc) is 2.58. The molecule has 1 aromatic heterocycles. The number of halogens is 1. The van der Waals surface area contributed by atoms with E-state index < -0.39 is 0 Å². The summed E-state index contributed by atoms with van der Waals surface area (Å²) in [7, 11) is 0. The molecule has 0 radical (unpaired) electrons. The zero-order valence-corrected chi connectivity index (χ0v) is 11.1. The Hall–Kier alpha value is -0.220. The molecule has 2 unspecified atom stereocenters. The maximum Gasteiger partial charge on any atom is 0.133 e. The highest BCUT2D eigenvalue weighted by atomic mass is 79.9. The average molecular weight is 288 g/mol. The van der Waals surface area contributed by atoms with Gasteiger partial charge in [0.2, 0.25) is 0 Å². The first-order valence-electron chi connectivity index (χ1n) is 5.27. The van der Waals surface area contributed by atoms with Crippen molar-refractivity contribution in [1.82, 2.24) is 4.37 Å². The second kappa shape index (κ2) is 4.74. The van der Waals surface area contributed by atoms with E-state index in [0.29, 0.717) is 17.6 Å². The number of ketones is 1. The lowest BCUT2D eigenvalue weighted by Crippen LogP contribution is -2.24. The quantitative estimate of drug-likeness (QED) is 0.834. The van der Waals surface area contributed by atoms with Gasteiger partial charge in [0.1, 0.15) is 5.78 Å². The fourth-order valence-electron chi connectivity index (χ4n) is 2.12. The lowest BCUT2D eigenvalue weighted by Gasteiger charge is -2.27. The molecular weight excluding hydrogens is 274 g/mol. The minimum atomic E-state index is 0.429. The monoisotopic (exact) mass is 287 g/mol. The smallest absolute Gasteiger partial charge is 0.133 e. The van der Waals surface area contributed by atoms with Gasteiger partial charge in [-0.05, 0) is 52.1 Å². The van der Waals surface area contributed by atoms with Crippen molar-refractivity contribution in [3.05, 3.63) is 15.5 Å². The third-order valence-electron chi connectivity index (χ3n) is 3.22. The molecule has 2 nitrogen and oxygen atoms in total. The van der Waals surface area contributed by atoms with Crippen LogP contribution >= 0.6 is 27.5 Å². The summed E-state index contributed by atoms with van der Waals surface area (Å²) >= 11 is 5.03. The van der Waals surface area contributed by atoms with Gasteiger partial charge in [-0.3, -0.25) is 4.79 Å². The molecule has 0 spiro atoms. The molecule has 1 saturated carbocycles. The number of aromatic nitrogens is 1. The number of rotatable bonds is 2. The summed E-state index contributed by atoms with van der Waals surface area (Å²) in [5.74, 6) is 1.61. The summed E-state index contributed by atoms with van der Waals surface area (Å²) < 4.78 is 5.24. The first-order chi connectivity index (χ1) is 7.16. The van der Waals surface area contributed by atoms with Crippen LogP contribution in [-0.4, -0.2) is 10.2 Å². The molecule has 0 N–H and O–H groups in total.